The summed E-state index contributed by atoms with van der Waals surface area (Å²) in [6.07, 6.45) is 0.439. The molecule has 1 atom stereocenters. The molecule has 112 valence electrons. The van der Waals surface area contributed by atoms with Gasteiger partial charge in [0.1, 0.15) is 5.01 Å². The SMILES string of the molecule is C[C@@H](CC(=O)Nc1nnc(C(C)(C)C)s1)c1ccccc1. The van der Waals surface area contributed by atoms with E-state index < -0.39 is 0 Å². The molecule has 0 saturated heterocycles. The molecule has 21 heavy (non-hydrogen) atoms. The predicted molar refractivity (Wildman–Crippen MR) is 86.7 cm³/mol. The first-order valence-corrected chi connectivity index (χ1v) is 7.86. The van der Waals surface area contributed by atoms with Gasteiger partial charge in [0.15, 0.2) is 0 Å². The molecule has 1 heterocycles. The first-order chi connectivity index (χ1) is 9.86. The number of anilines is 1. The summed E-state index contributed by atoms with van der Waals surface area (Å²) in [6.45, 7) is 8.29. The smallest absolute Gasteiger partial charge is 0.226 e. The minimum absolute atomic E-state index is 0.0250. The van der Waals surface area contributed by atoms with Gasteiger partial charge in [0, 0.05) is 11.8 Å². The molecule has 1 amide bonds. The standard InChI is InChI=1S/C16H21N3OS/c1-11(12-8-6-5-7-9-12)10-13(20)17-15-19-18-14(21-15)16(2,3)4/h5-9,11H,10H2,1-4H3,(H,17,19,20)/t11-/m0/s1. The van der Waals surface area contributed by atoms with E-state index >= 15 is 0 Å². The van der Waals surface area contributed by atoms with Gasteiger partial charge in [-0.05, 0) is 11.5 Å². The van der Waals surface area contributed by atoms with E-state index in [0.717, 1.165) is 5.01 Å². The maximum Gasteiger partial charge on any atom is 0.226 e. The normalized spacial score (nSPS) is 13.0. The van der Waals surface area contributed by atoms with E-state index in [4.69, 9.17) is 0 Å². The van der Waals surface area contributed by atoms with E-state index in [9.17, 15) is 4.79 Å². The number of carbonyl (C=O) groups is 1. The fraction of sp³-hybridized carbons (Fsp3) is 0.438. The number of amides is 1. The molecule has 0 fully saturated rings. The van der Waals surface area contributed by atoms with Crippen molar-refractivity contribution in [1.29, 1.82) is 0 Å². The van der Waals surface area contributed by atoms with E-state index in [0.29, 0.717) is 11.6 Å². The molecule has 0 aliphatic carbocycles. The van der Waals surface area contributed by atoms with Crippen LogP contribution >= 0.6 is 11.3 Å². The van der Waals surface area contributed by atoms with Crippen molar-refractivity contribution >= 4 is 22.4 Å². The lowest BCUT2D eigenvalue weighted by atomic mass is 9.98. The van der Waals surface area contributed by atoms with Crippen LogP contribution in [0.4, 0.5) is 5.13 Å². The number of nitrogens with zero attached hydrogens (tertiary/aromatic N) is 2. The zero-order chi connectivity index (χ0) is 15.5. The Morgan fingerprint density at radius 3 is 2.48 bits per heavy atom. The Labute approximate surface area is 129 Å². The number of carbonyl (C=O) groups excluding carboxylic acids is 1. The second kappa shape index (κ2) is 6.35. The minimum Gasteiger partial charge on any atom is -0.301 e. The van der Waals surface area contributed by atoms with Crippen LogP contribution in [0.1, 0.15) is 50.6 Å². The molecule has 1 aromatic carbocycles. The summed E-state index contributed by atoms with van der Waals surface area (Å²) >= 11 is 1.44. The Morgan fingerprint density at radius 2 is 1.90 bits per heavy atom. The van der Waals surface area contributed by atoms with Gasteiger partial charge in [-0.15, -0.1) is 10.2 Å². The number of hydrogen-bond acceptors (Lipinski definition) is 4. The molecule has 0 saturated carbocycles. The van der Waals surface area contributed by atoms with Crippen molar-refractivity contribution in [3.8, 4) is 0 Å². The quantitative estimate of drug-likeness (QED) is 0.930. The zero-order valence-electron chi connectivity index (χ0n) is 12.9. The van der Waals surface area contributed by atoms with Gasteiger partial charge in [0.05, 0.1) is 0 Å². The van der Waals surface area contributed by atoms with Gasteiger partial charge in [0.25, 0.3) is 0 Å². The van der Waals surface area contributed by atoms with Crippen LogP contribution in [0.15, 0.2) is 30.3 Å². The summed E-state index contributed by atoms with van der Waals surface area (Å²) < 4.78 is 0. The lowest BCUT2D eigenvalue weighted by Gasteiger charge is -2.12. The van der Waals surface area contributed by atoms with Crippen molar-refractivity contribution in [2.75, 3.05) is 5.32 Å². The van der Waals surface area contributed by atoms with Gasteiger partial charge in [-0.1, -0.05) is 69.4 Å². The van der Waals surface area contributed by atoms with Crippen LogP contribution in [0.5, 0.6) is 0 Å². The summed E-state index contributed by atoms with van der Waals surface area (Å²) in [5.41, 5.74) is 1.12. The lowest BCUT2D eigenvalue weighted by molar-refractivity contribution is -0.116. The van der Waals surface area contributed by atoms with Crippen molar-refractivity contribution < 1.29 is 4.79 Å². The van der Waals surface area contributed by atoms with Gasteiger partial charge in [-0.25, -0.2) is 0 Å². The highest BCUT2D eigenvalue weighted by Gasteiger charge is 2.20. The lowest BCUT2D eigenvalue weighted by Crippen LogP contribution is -2.14. The summed E-state index contributed by atoms with van der Waals surface area (Å²) in [5.74, 6) is 0.157. The third kappa shape index (κ3) is 4.36. The molecule has 0 bridgehead atoms. The molecule has 0 unspecified atom stereocenters. The molecule has 1 aromatic heterocycles. The van der Waals surface area contributed by atoms with Crippen molar-refractivity contribution in [2.45, 2.75) is 45.4 Å². The molecule has 0 spiro atoms. The summed E-state index contributed by atoms with van der Waals surface area (Å²) in [6, 6.07) is 10.0. The maximum absolute atomic E-state index is 12.1. The number of aromatic nitrogens is 2. The summed E-state index contributed by atoms with van der Waals surface area (Å²) in [4.78, 5) is 12.1. The summed E-state index contributed by atoms with van der Waals surface area (Å²) in [7, 11) is 0. The maximum atomic E-state index is 12.1. The third-order valence-corrected chi connectivity index (χ3v) is 4.44. The van der Waals surface area contributed by atoms with Gasteiger partial charge in [-0.2, -0.15) is 0 Å². The van der Waals surface area contributed by atoms with Crippen LogP contribution in [0.2, 0.25) is 0 Å². The molecule has 2 aromatic rings. The van der Waals surface area contributed by atoms with Crippen LogP contribution in [0, 0.1) is 0 Å². The van der Waals surface area contributed by atoms with E-state index in [1.54, 1.807) is 0 Å². The molecular formula is C16H21N3OS. The second-order valence-corrected chi connectivity index (χ2v) is 7.20. The largest absolute Gasteiger partial charge is 0.301 e. The Kier molecular flexibility index (Phi) is 4.73. The molecule has 5 heteroatoms. The highest BCUT2D eigenvalue weighted by Crippen LogP contribution is 2.28. The first-order valence-electron chi connectivity index (χ1n) is 7.05. The van der Waals surface area contributed by atoms with E-state index in [-0.39, 0.29) is 17.2 Å². The minimum atomic E-state index is -0.0437. The third-order valence-electron chi connectivity index (χ3n) is 3.17. The highest BCUT2D eigenvalue weighted by molar-refractivity contribution is 7.15. The van der Waals surface area contributed by atoms with E-state index in [1.807, 2.05) is 30.3 Å². The topological polar surface area (TPSA) is 54.9 Å². The van der Waals surface area contributed by atoms with Gasteiger partial charge < -0.3 is 5.32 Å². The molecule has 1 N–H and O–H groups in total. The van der Waals surface area contributed by atoms with Crippen LogP contribution in [-0.4, -0.2) is 16.1 Å². The van der Waals surface area contributed by atoms with E-state index in [2.05, 4.69) is 43.2 Å². The molecule has 0 aliphatic heterocycles. The molecule has 4 nitrogen and oxygen atoms in total. The summed E-state index contributed by atoms with van der Waals surface area (Å²) in [5, 5.41) is 12.5. The first kappa shape index (κ1) is 15.6. The van der Waals surface area contributed by atoms with Crippen LogP contribution < -0.4 is 5.32 Å². The number of hydrogen-bond donors (Lipinski definition) is 1. The zero-order valence-corrected chi connectivity index (χ0v) is 13.7. The highest BCUT2D eigenvalue weighted by atomic mass is 32.1. The monoisotopic (exact) mass is 303 g/mol. The van der Waals surface area contributed by atoms with Gasteiger partial charge >= 0.3 is 0 Å². The van der Waals surface area contributed by atoms with Crippen molar-refractivity contribution in [3.63, 3.8) is 0 Å². The van der Waals surface area contributed by atoms with Crippen molar-refractivity contribution in [3.05, 3.63) is 40.9 Å². The van der Waals surface area contributed by atoms with Crippen molar-refractivity contribution in [2.24, 2.45) is 0 Å². The average Bonchev–Trinajstić information content (AvgIpc) is 2.88. The van der Waals surface area contributed by atoms with Crippen LogP contribution in [0.25, 0.3) is 0 Å². The number of nitrogens with one attached hydrogen (secondary N) is 1. The van der Waals surface area contributed by atoms with Crippen LogP contribution in [-0.2, 0) is 10.2 Å². The predicted octanol–water partition coefficient (Wildman–Crippen LogP) is 3.97. The van der Waals surface area contributed by atoms with Crippen LogP contribution in [0.3, 0.4) is 0 Å². The Bertz CT molecular complexity index is 601. The Balaban J connectivity index is 1.94. The Morgan fingerprint density at radius 1 is 1.24 bits per heavy atom. The fourth-order valence-electron chi connectivity index (χ4n) is 1.92. The fourth-order valence-corrected chi connectivity index (χ4v) is 2.74. The molecular weight excluding hydrogens is 282 g/mol. The number of rotatable bonds is 4. The molecule has 2 rings (SSSR count). The van der Waals surface area contributed by atoms with Gasteiger partial charge in [0.2, 0.25) is 11.0 Å². The number of benzene rings is 1. The molecule has 0 aliphatic rings. The molecule has 0 radical (unpaired) electrons. The average molecular weight is 303 g/mol. The van der Waals surface area contributed by atoms with E-state index in [1.165, 1.54) is 16.9 Å². The second-order valence-electron chi connectivity index (χ2n) is 6.23. The Hall–Kier alpha value is -1.75. The van der Waals surface area contributed by atoms with Gasteiger partial charge in [-0.3, -0.25) is 4.79 Å². The van der Waals surface area contributed by atoms with Crippen molar-refractivity contribution in [1.82, 2.24) is 10.2 Å².